The molecule has 4 aromatic rings. The number of amides is 1. The Hall–Kier alpha value is -4.07. The number of anilines is 3. The Bertz CT molecular complexity index is 1560. The number of methoxy groups -OCH3 is 1. The summed E-state index contributed by atoms with van der Waals surface area (Å²) in [5.74, 6) is 0.612. The number of rotatable bonds is 10. The molecule has 11 nitrogen and oxygen atoms in total. The molecule has 0 aliphatic carbocycles. The fourth-order valence-electron chi connectivity index (χ4n) is 4.03. The largest absolute Gasteiger partial charge is 0.497 e. The molecule has 1 aromatic heterocycles. The molecule has 0 atom stereocenters. The molecule has 0 unspecified atom stereocenters. The van der Waals surface area contributed by atoms with Crippen LogP contribution in [0.1, 0.15) is 0 Å². The van der Waals surface area contributed by atoms with Crippen molar-refractivity contribution in [3.8, 4) is 17.2 Å². The molecule has 13 heteroatoms. The van der Waals surface area contributed by atoms with Gasteiger partial charge in [0.2, 0.25) is 11.8 Å². The van der Waals surface area contributed by atoms with E-state index in [4.69, 9.17) is 13.9 Å². The number of morpholine rings is 1. The SMILES string of the molecule is COc1ccc(NS(=O)(=O)c2cc(NC(=O)CSc3nnc(-c4ccccc4)o3)ccc2N2CCOCC2)cc1. The van der Waals surface area contributed by atoms with Crippen LogP contribution in [0.15, 0.2) is 87.3 Å². The van der Waals surface area contributed by atoms with E-state index in [1.165, 1.54) is 13.2 Å². The molecule has 0 spiro atoms. The Labute approximate surface area is 235 Å². The normalized spacial score (nSPS) is 13.6. The van der Waals surface area contributed by atoms with Gasteiger partial charge in [0.1, 0.15) is 10.6 Å². The first-order valence-electron chi connectivity index (χ1n) is 12.4. The van der Waals surface area contributed by atoms with Crippen molar-refractivity contribution in [3.63, 3.8) is 0 Å². The van der Waals surface area contributed by atoms with Gasteiger partial charge in [-0.1, -0.05) is 30.0 Å². The third-order valence-corrected chi connectivity index (χ3v) is 8.21. The van der Waals surface area contributed by atoms with Crippen LogP contribution in [0.2, 0.25) is 0 Å². The van der Waals surface area contributed by atoms with Crippen LogP contribution in [0.4, 0.5) is 17.1 Å². The van der Waals surface area contributed by atoms with Gasteiger partial charge in [-0.2, -0.15) is 0 Å². The highest BCUT2D eigenvalue weighted by molar-refractivity contribution is 7.99. The molecule has 1 fully saturated rings. The van der Waals surface area contributed by atoms with E-state index in [1.807, 2.05) is 35.2 Å². The number of ether oxygens (including phenoxy) is 2. The van der Waals surface area contributed by atoms with Crippen molar-refractivity contribution in [2.75, 3.05) is 54.1 Å². The summed E-state index contributed by atoms with van der Waals surface area (Å²) in [6.07, 6.45) is 0. The minimum absolute atomic E-state index is 0.00613. The Balaban J connectivity index is 1.31. The summed E-state index contributed by atoms with van der Waals surface area (Å²) in [7, 11) is -2.48. The first-order chi connectivity index (χ1) is 19.4. The molecule has 1 aliphatic rings. The Kier molecular flexibility index (Phi) is 8.53. The summed E-state index contributed by atoms with van der Waals surface area (Å²) < 4.78 is 45.9. The van der Waals surface area contributed by atoms with Crippen LogP contribution in [-0.2, 0) is 19.6 Å². The van der Waals surface area contributed by atoms with E-state index in [9.17, 15) is 13.2 Å². The van der Waals surface area contributed by atoms with E-state index < -0.39 is 10.0 Å². The minimum atomic E-state index is -4.01. The second-order valence-electron chi connectivity index (χ2n) is 8.69. The number of benzene rings is 3. The minimum Gasteiger partial charge on any atom is -0.497 e. The zero-order valence-corrected chi connectivity index (χ0v) is 23.2. The predicted molar refractivity (Wildman–Crippen MR) is 152 cm³/mol. The Morgan fingerprint density at radius 1 is 1.00 bits per heavy atom. The third kappa shape index (κ3) is 6.73. The van der Waals surface area contributed by atoms with Gasteiger partial charge in [-0.05, 0) is 54.6 Å². The number of carbonyl (C=O) groups excluding carboxylic acids is 1. The van der Waals surface area contributed by atoms with Crippen molar-refractivity contribution in [1.29, 1.82) is 0 Å². The molecule has 208 valence electrons. The number of sulfonamides is 1. The second-order valence-corrected chi connectivity index (χ2v) is 11.3. The lowest BCUT2D eigenvalue weighted by Gasteiger charge is -2.30. The molecule has 0 radical (unpaired) electrons. The first kappa shape index (κ1) is 27.5. The number of carbonyl (C=O) groups is 1. The van der Waals surface area contributed by atoms with Gasteiger partial charge in [0.25, 0.3) is 15.2 Å². The topological polar surface area (TPSA) is 136 Å². The van der Waals surface area contributed by atoms with Crippen molar-refractivity contribution in [1.82, 2.24) is 10.2 Å². The summed E-state index contributed by atoms with van der Waals surface area (Å²) in [5.41, 5.74) is 2.03. The number of nitrogens with zero attached hydrogens (tertiary/aromatic N) is 3. The molecule has 0 bridgehead atoms. The molecule has 1 saturated heterocycles. The fourth-order valence-corrected chi connectivity index (χ4v) is 5.91. The maximum absolute atomic E-state index is 13.5. The van der Waals surface area contributed by atoms with Crippen molar-refractivity contribution in [2.45, 2.75) is 10.1 Å². The highest BCUT2D eigenvalue weighted by Gasteiger charge is 2.25. The second kappa shape index (κ2) is 12.4. The van der Waals surface area contributed by atoms with Crippen LogP contribution in [0.5, 0.6) is 5.75 Å². The van der Waals surface area contributed by atoms with Crippen LogP contribution in [0.3, 0.4) is 0 Å². The highest BCUT2D eigenvalue weighted by Crippen LogP contribution is 2.31. The zero-order chi connectivity index (χ0) is 28.0. The zero-order valence-electron chi connectivity index (χ0n) is 21.6. The van der Waals surface area contributed by atoms with Gasteiger partial charge in [-0.3, -0.25) is 9.52 Å². The van der Waals surface area contributed by atoms with E-state index in [1.54, 1.807) is 36.4 Å². The van der Waals surface area contributed by atoms with Crippen molar-refractivity contribution >= 4 is 44.8 Å². The van der Waals surface area contributed by atoms with Crippen LogP contribution in [-0.4, -0.2) is 63.7 Å². The van der Waals surface area contributed by atoms with Gasteiger partial charge in [-0.15, -0.1) is 10.2 Å². The molecular formula is C27H27N5O6S2. The van der Waals surface area contributed by atoms with Crippen molar-refractivity contribution in [3.05, 3.63) is 72.8 Å². The highest BCUT2D eigenvalue weighted by atomic mass is 32.2. The lowest BCUT2D eigenvalue weighted by molar-refractivity contribution is -0.113. The molecular weight excluding hydrogens is 554 g/mol. The van der Waals surface area contributed by atoms with Crippen LogP contribution >= 0.6 is 11.8 Å². The van der Waals surface area contributed by atoms with Gasteiger partial charge >= 0.3 is 0 Å². The quantitative estimate of drug-likeness (QED) is 0.263. The number of hydrogen-bond acceptors (Lipinski definition) is 10. The maximum atomic E-state index is 13.5. The lowest BCUT2D eigenvalue weighted by Crippen LogP contribution is -2.37. The van der Waals surface area contributed by atoms with Gasteiger partial charge in [0, 0.05) is 30.0 Å². The molecule has 0 saturated carbocycles. The predicted octanol–water partition coefficient (Wildman–Crippen LogP) is 4.11. The molecule has 40 heavy (non-hydrogen) atoms. The Morgan fingerprint density at radius 2 is 1.73 bits per heavy atom. The molecule has 3 aromatic carbocycles. The number of nitrogens with one attached hydrogen (secondary N) is 2. The molecule has 5 rings (SSSR count). The lowest BCUT2D eigenvalue weighted by atomic mass is 10.2. The van der Waals surface area contributed by atoms with Gasteiger partial charge < -0.3 is 24.1 Å². The average Bonchev–Trinajstić information content (AvgIpc) is 3.46. The third-order valence-electron chi connectivity index (χ3n) is 5.98. The van der Waals surface area contributed by atoms with Gasteiger partial charge in [-0.25, -0.2) is 8.42 Å². The van der Waals surface area contributed by atoms with E-state index in [0.717, 1.165) is 17.3 Å². The molecule has 2 heterocycles. The number of hydrogen-bond donors (Lipinski definition) is 2. The molecule has 1 aliphatic heterocycles. The standard InChI is InChI=1S/C27H27N5O6S2/c1-36-22-10-7-20(8-11-22)31-40(34,35)24-17-21(9-12-23(24)32-13-15-37-16-14-32)28-25(33)18-39-27-30-29-26(38-27)19-5-3-2-4-6-19/h2-12,17,31H,13-16,18H2,1H3,(H,28,33). The Morgan fingerprint density at radius 3 is 2.45 bits per heavy atom. The fraction of sp³-hybridized carbons (Fsp3) is 0.222. The first-order valence-corrected chi connectivity index (χ1v) is 14.8. The van der Waals surface area contributed by atoms with E-state index >= 15 is 0 Å². The average molecular weight is 582 g/mol. The van der Waals surface area contributed by atoms with Crippen LogP contribution in [0.25, 0.3) is 11.5 Å². The summed E-state index contributed by atoms with van der Waals surface area (Å²) in [4.78, 5) is 14.7. The van der Waals surface area contributed by atoms with Crippen LogP contribution < -0.4 is 19.7 Å². The maximum Gasteiger partial charge on any atom is 0.277 e. The summed E-state index contributed by atoms with van der Waals surface area (Å²) in [6.45, 7) is 2.07. The summed E-state index contributed by atoms with van der Waals surface area (Å²) in [6, 6.07) is 20.7. The van der Waals surface area contributed by atoms with Gasteiger partial charge in [0.15, 0.2) is 0 Å². The van der Waals surface area contributed by atoms with E-state index in [-0.39, 0.29) is 21.8 Å². The number of thioether (sulfide) groups is 1. The smallest absolute Gasteiger partial charge is 0.277 e. The van der Waals surface area contributed by atoms with E-state index in [2.05, 4.69) is 20.2 Å². The number of aromatic nitrogens is 2. The van der Waals surface area contributed by atoms with Crippen molar-refractivity contribution in [2.24, 2.45) is 0 Å². The molecule has 2 N–H and O–H groups in total. The summed E-state index contributed by atoms with van der Waals surface area (Å²) in [5, 5.41) is 11.0. The molecule has 1 amide bonds. The summed E-state index contributed by atoms with van der Waals surface area (Å²) >= 11 is 1.09. The van der Waals surface area contributed by atoms with Crippen molar-refractivity contribution < 1.29 is 27.1 Å². The van der Waals surface area contributed by atoms with E-state index in [0.29, 0.717) is 55.0 Å². The monoisotopic (exact) mass is 581 g/mol. The van der Waals surface area contributed by atoms with Gasteiger partial charge in [0.05, 0.1) is 31.8 Å². The van der Waals surface area contributed by atoms with Crippen LogP contribution in [0, 0.1) is 0 Å².